The predicted molar refractivity (Wildman–Crippen MR) is 145 cm³/mol. The Balaban J connectivity index is 1.80. The van der Waals surface area contributed by atoms with Crippen LogP contribution >= 0.6 is 22.9 Å². The number of aryl methyl sites for hydroxylation is 2. The van der Waals surface area contributed by atoms with Gasteiger partial charge in [0.2, 0.25) is 0 Å². The van der Waals surface area contributed by atoms with Gasteiger partial charge in [0.05, 0.1) is 30.0 Å². The van der Waals surface area contributed by atoms with E-state index in [1.54, 1.807) is 42.5 Å². The number of halogens is 1. The average Bonchev–Trinajstić information content (AvgIpc) is 3.42. The highest BCUT2D eigenvalue weighted by Gasteiger charge is 2.49. The maximum Gasteiger partial charge on any atom is 0.301 e. The highest BCUT2D eigenvalue weighted by Crippen LogP contribution is 2.47. The molecule has 1 atom stereocenters. The van der Waals surface area contributed by atoms with E-state index in [4.69, 9.17) is 26.1 Å². The summed E-state index contributed by atoms with van der Waals surface area (Å²) in [5.41, 5.74) is 3.53. The molecule has 1 aromatic heterocycles. The lowest BCUT2D eigenvalue weighted by molar-refractivity contribution is -0.132. The number of fused-ring (bicyclic) bond motifs is 1. The van der Waals surface area contributed by atoms with Gasteiger partial charge in [-0.3, -0.25) is 14.5 Å². The Hall–Kier alpha value is -3.88. The number of hydrogen-bond donors (Lipinski definition) is 1. The van der Waals surface area contributed by atoms with Crippen LogP contribution in [-0.2, 0) is 9.59 Å². The van der Waals surface area contributed by atoms with Gasteiger partial charge in [0, 0.05) is 16.1 Å². The van der Waals surface area contributed by atoms with E-state index >= 15 is 0 Å². The molecule has 1 fully saturated rings. The van der Waals surface area contributed by atoms with Crippen LogP contribution in [0.25, 0.3) is 16.0 Å². The minimum atomic E-state index is -1.01. The van der Waals surface area contributed by atoms with Gasteiger partial charge in [-0.1, -0.05) is 29.0 Å². The number of aromatic nitrogens is 1. The molecule has 1 amide bonds. The number of methoxy groups -OCH3 is 2. The van der Waals surface area contributed by atoms with Crippen LogP contribution in [0.2, 0.25) is 5.02 Å². The quantitative estimate of drug-likeness (QED) is 0.186. The number of Topliss-reactive ketones (excluding diaryl/α,β-unsaturated/α-hetero) is 1. The lowest BCUT2D eigenvalue weighted by Crippen LogP contribution is -2.29. The van der Waals surface area contributed by atoms with Crippen LogP contribution in [-0.4, -0.2) is 36.0 Å². The summed E-state index contributed by atoms with van der Waals surface area (Å²) in [4.78, 5) is 33.2. The first-order valence-electron chi connectivity index (χ1n) is 11.4. The molecule has 188 valence electrons. The van der Waals surface area contributed by atoms with Gasteiger partial charge >= 0.3 is 5.91 Å². The SMILES string of the molecule is COc1ccc(OC)c(C2/C(=C(\O)c3ccc(Cl)cc3)C(=O)C(=O)N2c2nc3c(C)cc(C)cc3s2)c1. The molecule has 2 heterocycles. The van der Waals surface area contributed by atoms with E-state index in [2.05, 4.69) is 0 Å². The number of carbonyl (C=O) groups is 2. The van der Waals surface area contributed by atoms with Crippen molar-refractivity contribution in [2.24, 2.45) is 0 Å². The van der Waals surface area contributed by atoms with Crippen molar-refractivity contribution in [1.29, 1.82) is 0 Å². The van der Waals surface area contributed by atoms with Crippen molar-refractivity contribution in [2.45, 2.75) is 19.9 Å². The Labute approximate surface area is 222 Å². The molecule has 1 aliphatic rings. The number of aliphatic hydroxyl groups excluding tert-OH is 1. The molecular weight excluding hydrogens is 512 g/mol. The summed E-state index contributed by atoms with van der Waals surface area (Å²) < 4.78 is 11.9. The topological polar surface area (TPSA) is 89.0 Å². The van der Waals surface area contributed by atoms with Crippen molar-refractivity contribution in [1.82, 2.24) is 4.98 Å². The lowest BCUT2D eigenvalue weighted by atomic mass is 9.94. The number of hydrogen-bond acceptors (Lipinski definition) is 7. The fourth-order valence-electron chi connectivity index (χ4n) is 4.60. The third kappa shape index (κ3) is 4.22. The molecule has 5 rings (SSSR count). The molecule has 1 N–H and O–H groups in total. The van der Waals surface area contributed by atoms with Crippen molar-refractivity contribution in [3.63, 3.8) is 0 Å². The summed E-state index contributed by atoms with van der Waals surface area (Å²) in [5, 5.41) is 12.2. The van der Waals surface area contributed by atoms with Gasteiger partial charge in [-0.25, -0.2) is 4.98 Å². The molecule has 0 saturated carbocycles. The molecule has 0 bridgehead atoms. The number of aliphatic hydroxyl groups is 1. The van der Waals surface area contributed by atoms with Crippen LogP contribution in [0, 0.1) is 13.8 Å². The predicted octanol–water partition coefficient (Wildman–Crippen LogP) is 6.21. The summed E-state index contributed by atoms with van der Waals surface area (Å²) in [6.45, 7) is 3.95. The fourth-order valence-corrected chi connectivity index (χ4v) is 5.90. The molecule has 0 aliphatic carbocycles. The van der Waals surface area contributed by atoms with Gasteiger partial charge in [0.25, 0.3) is 5.78 Å². The van der Waals surface area contributed by atoms with Crippen molar-refractivity contribution < 1.29 is 24.2 Å². The number of ketones is 1. The smallest absolute Gasteiger partial charge is 0.301 e. The Morgan fingerprint density at radius 1 is 1.03 bits per heavy atom. The molecule has 9 heteroatoms. The molecule has 1 saturated heterocycles. The van der Waals surface area contributed by atoms with Crippen molar-refractivity contribution in [3.05, 3.63) is 87.4 Å². The van der Waals surface area contributed by atoms with Gasteiger partial charge in [-0.2, -0.15) is 0 Å². The number of anilines is 1. The van der Waals surface area contributed by atoms with E-state index in [9.17, 15) is 14.7 Å². The van der Waals surface area contributed by atoms with Crippen LogP contribution in [0.15, 0.2) is 60.2 Å². The second kappa shape index (κ2) is 9.53. The molecule has 0 spiro atoms. The van der Waals surface area contributed by atoms with Crippen LogP contribution in [0.1, 0.15) is 28.3 Å². The first-order chi connectivity index (χ1) is 17.7. The van der Waals surface area contributed by atoms with Gasteiger partial charge in [0.15, 0.2) is 5.13 Å². The maximum absolute atomic E-state index is 13.6. The summed E-state index contributed by atoms with van der Waals surface area (Å²) in [6, 6.07) is 14.5. The Morgan fingerprint density at radius 2 is 1.76 bits per heavy atom. The Morgan fingerprint density at radius 3 is 2.43 bits per heavy atom. The van der Waals surface area contributed by atoms with Gasteiger partial charge in [-0.05, 0) is 73.5 Å². The summed E-state index contributed by atoms with van der Waals surface area (Å²) >= 11 is 7.34. The molecule has 0 radical (unpaired) electrons. The zero-order valence-corrected chi connectivity index (χ0v) is 22.1. The molecule has 1 unspecified atom stereocenters. The number of ether oxygens (including phenoxy) is 2. The molecular formula is C28H23ClN2O5S. The normalized spacial score (nSPS) is 17.0. The van der Waals surface area contributed by atoms with Crippen molar-refractivity contribution >= 4 is 55.7 Å². The third-order valence-corrected chi connectivity index (χ3v) is 7.57. The van der Waals surface area contributed by atoms with Gasteiger partial charge in [-0.15, -0.1) is 0 Å². The number of nitrogens with zero attached hydrogens (tertiary/aromatic N) is 2. The second-order valence-electron chi connectivity index (χ2n) is 8.71. The Kier molecular flexibility index (Phi) is 6.39. The number of rotatable bonds is 5. The minimum Gasteiger partial charge on any atom is -0.507 e. The molecule has 7 nitrogen and oxygen atoms in total. The minimum absolute atomic E-state index is 0.0777. The Bertz CT molecular complexity index is 1590. The first kappa shape index (κ1) is 24.8. The maximum atomic E-state index is 13.6. The van der Waals surface area contributed by atoms with E-state index in [0.29, 0.717) is 32.8 Å². The lowest BCUT2D eigenvalue weighted by Gasteiger charge is -2.25. The van der Waals surface area contributed by atoms with E-state index in [1.165, 1.54) is 30.5 Å². The third-order valence-electron chi connectivity index (χ3n) is 6.32. The number of benzene rings is 3. The zero-order valence-electron chi connectivity index (χ0n) is 20.5. The monoisotopic (exact) mass is 534 g/mol. The van der Waals surface area contributed by atoms with Crippen LogP contribution in [0.3, 0.4) is 0 Å². The number of amides is 1. The standard InChI is InChI=1S/C28H23ClN2O5S/c1-14-11-15(2)23-21(12-14)37-28(30-23)31-24(19-13-18(35-3)9-10-20(19)36-4)22(26(33)27(31)34)25(32)16-5-7-17(29)8-6-16/h5-13,24,32H,1-4H3/b25-22+. The van der Waals surface area contributed by atoms with Crippen molar-refractivity contribution in [2.75, 3.05) is 19.1 Å². The van der Waals surface area contributed by atoms with E-state index < -0.39 is 17.7 Å². The second-order valence-corrected chi connectivity index (χ2v) is 10.2. The molecule has 37 heavy (non-hydrogen) atoms. The van der Waals surface area contributed by atoms with Gasteiger partial charge in [0.1, 0.15) is 23.3 Å². The highest BCUT2D eigenvalue weighted by molar-refractivity contribution is 7.22. The van der Waals surface area contributed by atoms with Crippen LogP contribution < -0.4 is 14.4 Å². The molecule has 3 aromatic carbocycles. The number of carbonyl (C=O) groups excluding carboxylic acids is 2. The fraction of sp³-hybridized carbons (Fsp3) is 0.179. The van der Waals surface area contributed by atoms with Crippen molar-refractivity contribution in [3.8, 4) is 11.5 Å². The average molecular weight is 535 g/mol. The summed E-state index contributed by atoms with van der Waals surface area (Å²) in [5.74, 6) is -1.01. The number of thiazole rings is 1. The zero-order chi connectivity index (χ0) is 26.4. The molecule has 4 aromatic rings. The molecule has 1 aliphatic heterocycles. The van der Waals surface area contributed by atoms with Crippen LogP contribution in [0.4, 0.5) is 5.13 Å². The highest BCUT2D eigenvalue weighted by atomic mass is 35.5. The summed E-state index contributed by atoms with van der Waals surface area (Å²) in [7, 11) is 3.02. The first-order valence-corrected chi connectivity index (χ1v) is 12.6. The largest absolute Gasteiger partial charge is 0.507 e. The summed E-state index contributed by atoms with van der Waals surface area (Å²) in [6.07, 6.45) is 0. The van der Waals surface area contributed by atoms with E-state index in [-0.39, 0.29) is 11.3 Å². The van der Waals surface area contributed by atoms with E-state index in [1.807, 2.05) is 26.0 Å². The van der Waals surface area contributed by atoms with E-state index in [0.717, 1.165) is 21.3 Å². The van der Waals surface area contributed by atoms with Gasteiger partial charge < -0.3 is 14.6 Å². The van der Waals surface area contributed by atoms with Crippen LogP contribution in [0.5, 0.6) is 11.5 Å².